The van der Waals surface area contributed by atoms with Gasteiger partial charge in [0.2, 0.25) is 0 Å². The topological polar surface area (TPSA) is 35.5 Å². The SMILES string of the molecule is COc1c(C(=O)C2(OC)CCCC2)ccc(C)c1C. The van der Waals surface area contributed by atoms with Gasteiger partial charge in [-0.3, -0.25) is 4.79 Å². The Bertz CT molecular complexity index is 485. The van der Waals surface area contributed by atoms with Crippen LogP contribution in [0.3, 0.4) is 0 Å². The smallest absolute Gasteiger partial charge is 0.198 e. The van der Waals surface area contributed by atoms with Crippen LogP contribution in [0, 0.1) is 13.8 Å². The van der Waals surface area contributed by atoms with E-state index in [9.17, 15) is 4.79 Å². The number of methoxy groups -OCH3 is 2. The number of ketones is 1. The molecular weight excluding hydrogens is 240 g/mol. The molecule has 1 fully saturated rings. The first-order chi connectivity index (χ1) is 9.05. The average Bonchev–Trinajstić information content (AvgIpc) is 2.91. The fourth-order valence-electron chi connectivity index (χ4n) is 2.95. The molecule has 0 atom stereocenters. The number of hydrogen-bond donors (Lipinski definition) is 0. The Hall–Kier alpha value is -1.35. The Balaban J connectivity index is 2.47. The second-order valence-corrected chi connectivity index (χ2v) is 5.32. The Morgan fingerprint density at radius 3 is 2.32 bits per heavy atom. The maximum atomic E-state index is 12.8. The van der Waals surface area contributed by atoms with E-state index in [2.05, 4.69) is 0 Å². The van der Waals surface area contributed by atoms with E-state index in [-0.39, 0.29) is 5.78 Å². The summed E-state index contributed by atoms with van der Waals surface area (Å²) in [6.07, 6.45) is 3.70. The van der Waals surface area contributed by atoms with Gasteiger partial charge in [0.15, 0.2) is 5.78 Å². The van der Waals surface area contributed by atoms with Gasteiger partial charge in [-0.05, 0) is 56.7 Å². The van der Waals surface area contributed by atoms with Crippen molar-refractivity contribution in [3.05, 3.63) is 28.8 Å². The second kappa shape index (κ2) is 5.33. The lowest BCUT2D eigenvalue weighted by Gasteiger charge is -2.27. The van der Waals surface area contributed by atoms with Gasteiger partial charge in [0, 0.05) is 7.11 Å². The molecule has 1 aromatic carbocycles. The van der Waals surface area contributed by atoms with E-state index in [4.69, 9.17) is 9.47 Å². The van der Waals surface area contributed by atoms with Gasteiger partial charge in [0.1, 0.15) is 11.4 Å². The standard InChI is InChI=1S/C16H22O3/c1-11-7-8-13(14(18-3)12(11)2)15(17)16(19-4)9-5-6-10-16/h7-8H,5-6,9-10H2,1-4H3. The van der Waals surface area contributed by atoms with E-state index < -0.39 is 5.60 Å². The highest BCUT2D eigenvalue weighted by atomic mass is 16.5. The predicted molar refractivity (Wildman–Crippen MR) is 75.0 cm³/mol. The van der Waals surface area contributed by atoms with Gasteiger partial charge in [0.05, 0.1) is 12.7 Å². The number of aryl methyl sites for hydroxylation is 1. The lowest BCUT2D eigenvalue weighted by Crippen LogP contribution is -2.38. The average molecular weight is 262 g/mol. The molecule has 3 nitrogen and oxygen atoms in total. The highest BCUT2D eigenvalue weighted by molar-refractivity contribution is 6.05. The van der Waals surface area contributed by atoms with E-state index in [1.807, 2.05) is 26.0 Å². The highest BCUT2D eigenvalue weighted by Crippen LogP contribution is 2.38. The van der Waals surface area contributed by atoms with Crippen LogP contribution >= 0.6 is 0 Å². The van der Waals surface area contributed by atoms with Crippen molar-refractivity contribution in [3.8, 4) is 5.75 Å². The van der Waals surface area contributed by atoms with E-state index >= 15 is 0 Å². The van der Waals surface area contributed by atoms with Crippen molar-refractivity contribution in [1.82, 2.24) is 0 Å². The van der Waals surface area contributed by atoms with Crippen LogP contribution < -0.4 is 4.74 Å². The Morgan fingerprint density at radius 1 is 1.16 bits per heavy atom. The first-order valence-corrected chi connectivity index (χ1v) is 6.80. The molecule has 19 heavy (non-hydrogen) atoms. The summed E-state index contributed by atoms with van der Waals surface area (Å²) in [5.41, 5.74) is 2.16. The molecule has 1 saturated carbocycles. The van der Waals surface area contributed by atoms with Crippen LogP contribution in [0.1, 0.15) is 47.2 Å². The van der Waals surface area contributed by atoms with Crippen LogP contribution in [0.5, 0.6) is 5.75 Å². The normalized spacial score (nSPS) is 17.5. The zero-order valence-electron chi connectivity index (χ0n) is 12.2. The number of Topliss-reactive ketones (excluding diaryl/α,β-unsaturated/α-hetero) is 1. The van der Waals surface area contributed by atoms with Gasteiger partial charge in [0.25, 0.3) is 0 Å². The molecule has 0 heterocycles. The predicted octanol–water partition coefficient (Wildman–Crippen LogP) is 3.45. The van der Waals surface area contributed by atoms with Crippen molar-refractivity contribution in [1.29, 1.82) is 0 Å². The molecule has 0 saturated heterocycles. The molecule has 1 aromatic rings. The number of carbonyl (C=O) groups excluding carboxylic acids is 1. The first kappa shape index (κ1) is 14.1. The van der Waals surface area contributed by atoms with Gasteiger partial charge in [-0.1, -0.05) is 6.07 Å². The Morgan fingerprint density at radius 2 is 1.79 bits per heavy atom. The third-order valence-electron chi connectivity index (χ3n) is 4.34. The molecule has 1 aliphatic carbocycles. The zero-order valence-corrected chi connectivity index (χ0v) is 12.2. The molecule has 0 bridgehead atoms. The van der Waals surface area contributed by atoms with Crippen LogP contribution in [-0.2, 0) is 4.74 Å². The molecule has 0 radical (unpaired) electrons. The van der Waals surface area contributed by atoms with Crippen molar-refractivity contribution in [2.24, 2.45) is 0 Å². The summed E-state index contributed by atoms with van der Waals surface area (Å²) in [5, 5.41) is 0. The van der Waals surface area contributed by atoms with Crippen LogP contribution in [0.15, 0.2) is 12.1 Å². The van der Waals surface area contributed by atoms with E-state index in [1.165, 1.54) is 0 Å². The highest BCUT2D eigenvalue weighted by Gasteiger charge is 2.42. The minimum atomic E-state index is -0.644. The number of ether oxygens (including phenoxy) is 2. The fraction of sp³-hybridized carbons (Fsp3) is 0.562. The lowest BCUT2D eigenvalue weighted by atomic mass is 9.89. The van der Waals surface area contributed by atoms with E-state index in [0.717, 1.165) is 36.8 Å². The van der Waals surface area contributed by atoms with Gasteiger partial charge >= 0.3 is 0 Å². The molecule has 2 rings (SSSR count). The number of benzene rings is 1. The molecule has 0 aromatic heterocycles. The van der Waals surface area contributed by atoms with Gasteiger partial charge < -0.3 is 9.47 Å². The van der Waals surface area contributed by atoms with Crippen molar-refractivity contribution in [2.45, 2.75) is 45.1 Å². The second-order valence-electron chi connectivity index (χ2n) is 5.32. The number of rotatable bonds is 4. The van der Waals surface area contributed by atoms with Crippen molar-refractivity contribution >= 4 is 5.78 Å². The van der Waals surface area contributed by atoms with Gasteiger partial charge in [-0.2, -0.15) is 0 Å². The largest absolute Gasteiger partial charge is 0.496 e. The van der Waals surface area contributed by atoms with Gasteiger partial charge in [-0.25, -0.2) is 0 Å². The third-order valence-corrected chi connectivity index (χ3v) is 4.34. The van der Waals surface area contributed by atoms with Crippen LogP contribution in [-0.4, -0.2) is 25.6 Å². The summed E-state index contributed by atoms with van der Waals surface area (Å²) in [4.78, 5) is 12.8. The molecule has 0 N–H and O–H groups in total. The summed E-state index contributed by atoms with van der Waals surface area (Å²) < 4.78 is 11.0. The third kappa shape index (κ3) is 2.27. The van der Waals surface area contributed by atoms with Crippen molar-refractivity contribution in [3.63, 3.8) is 0 Å². The molecule has 0 spiro atoms. The summed E-state index contributed by atoms with van der Waals surface area (Å²) in [7, 11) is 3.25. The monoisotopic (exact) mass is 262 g/mol. The molecule has 3 heteroatoms. The summed E-state index contributed by atoms with van der Waals surface area (Å²) >= 11 is 0. The molecule has 1 aliphatic rings. The fourth-order valence-corrected chi connectivity index (χ4v) is 2.95. The Kier molecular flexibility index (Phi) is 3.95. The number of hydrogen-bond acceptors (Lipinski definition) is 3. The molecule has 0 amide bonds. The van der Waals surface area contributed by atoms with E-state index in [0.29, 0.717) is 11.3 Å². The first-order valence-electron chi connectivity index (χ1n) is 6.80. The number of carbonyl (C=O) groups is 1. The maximum Gasteiger partial charge on any atom is 0.198 e. The maximum absolute atomic E-state index is 12.8. The molecule has 104 valence electrons. The lowest BCUT2D eigenvalue weighted by molar-refractivity contribution is 0.00580. The quantitative estimate of drug-likeness (QED) is 0.780. The summed E-state index contributed by atoms with van der Waals surface area (Å²) in [6, 6.07) is 3.84. The van der Waals surface area contributed by atoms with Gasteiger partial charge in [-0.15, -0.1) is 0 Å². The Labute approximate surface area is 114 Å². The molecule has 0 unspecified atom stereocenters. The minimum absolute atomic E-state index is 0.0625. The minimum Gasteiger partial charge on any atom is -0.496 e. The van der Waals surface area contributed by atoms with Crippen LogP contribution in [0.2, 0.25) is 0 Å². The molecular formula is C16H22O3. The summed E-state index contributed by atoms with van der Waals surface area (Å²) in [6.45, 7) is 4.01. The van der Waals surface area contributed by atoms with Crippen molar-refractivity contribution in [2.75, 3.05) is 14.2 Å². The zero-order chi connectivity index (χ0) is 14.0. The van der Waals surface area contributed by atoms with E-state index in [1.54, 1.807) is 14.2 Å². The molecule has 0 aliphatic heterocycles. The van der Waals surface area contributed by atoms with Crippen LogP contribution in [0.25, 0.3) is 0 Å². The summed E-state index contributed by atoms with van der Waals surface area (Å²) in [5.74, 6) is 0.751. The van der Waals surface area contributed by atoms with Crippen LogP contribution in [0.4, 0.5) is 0 Å². The van der Waals surface area contributed by atoms with Crippen molar-refractivity contribution < 1.29 is 14.3 Å².